The van der Waals surface area contributed by atoms with E-state index in [2.05, 4.69) is 5.32 Å². The molecule has 3 aliphatic rings. The number of ketones is 1. The Labute approximate surface area is 224 Å². The van der Waals surface area contributed by atoms with Crippen LogP contribution in [0.2, 0.25) is 0 Å². The first-order valence-corrected chi connectivity index (χ1v) is 13.3. The van der Waals surface area contributed by atoms with E-state index >= 15 is 4.39 Å². The molecule has 2 aliphatic heterocycles. The van der Waals surface area contributed by atoms with Crippen molar-refractivity contribution in [1.29, 1.82) is 0 Å². The van der Waals surface area contributed by atoms with E-state index in [1.165, 1.54) is 49.6 Å². The molecule has 39 heavy (non-hydrogen) atoms. The zero-order chi connectivity index (χ0) is 27.3. The first-order valence-electron chi connectivity index (χ1n) is 13.3. The van der Waals surface area contributed by atoms with Gasteiger partial charge in [-0.1, -0.05) is 6.08 Å². The molecule has 1 aliphatic carbocycles. The fraction of sp³-hybridized carbons (Fsp3) is 0.379. The van der Waals surface area contributed by atoms with Crippen LogP contribution in [0, 0.1) is 21.8 Å². The molecule has 202 valence electrons. The van der Waals surface area contributed by atoms with E-state index in [0.29, 0.717) is 47.6 Å². The highest BCUT2D eigenvalue weighted by Gasteiger charge is 2.38. The summed E-state index contributed by atoms with van der Waals surface area (Å²) < 4.78 is 23.5. The van der Waals surface area contributed by atoms with Crippen LogP contribution in [0.3, 0.4) is 0 Å². The fourth-order valence-electron chi connectivity index (χ4n) is 5.95. The second kappa shape index (κ2) is 9.92. The smallest absolute Gasteiger partial charge is 0.269 e. The number of halogens is 1. The molecule has 1 aromatic heterocycles. The molecule has 3 fully saturated rings. The Morgan fingerprint density at radius 1 is 1.21 bits per heavy atom. The van der Waals surface area contributed by atoms with Gasteiger partial charge in [0.1, 0.15) is 5.69 Å². The molecule has 2 aromatic carbocycles. The summed E-state index contributed by atoms with van der Waals surface area (Å²) in [6.07, 6.45) is 8.31. The van der Waals surface area contributed by atoms with Gasteiger partial charge in [-0.15, -0.1) is 0 Å². The molecule has 0 spiro atoms. The summed E-state index contributed by atoms with van der Waals surface area (Å²) in [6, 6.07) is 7.38. The second-order valence-electron chi connectivity index (χ2n) is 10.6. The summed E-state index contributed by atoms with van der Waals surface area (Å²) >= 11 is 0. The molecule has 3 aromatic rings. The molecule has 0 amide bonds. The molecule has 10 heteroatoms. The number of pyridine rings is 1. The number of nitro benzene ring substituents is 1. The lowest BCUT2D eigenvalue weighted by Crippen LogP contribution is -2.40. The summed E-state index contributed by atoms with van der Waals surface area (Å²) in [6.45, 7) is 2.35. The van der Waals surface area contributed by atoms with Crippen molar-refractivity contribution >= 4 is 34.1 Å². The number of methoxy groups -OCH3 is 1. The van der Waals surface area contributed by atoms with Gasteiger partial charge in [-0.3, -0.25) is 19.7 Å². The monoisotopic (exact) mass is 532 g/mol. The van der Waals surface area contributed by atoms with Gasteiger partial charge in [0.25, 0.3) is 5.69 Å². The summed E-state index contributed by atoms with van der Waals surface area (Å²) in [7, 11) is 1.49. The average molecular weight is 533 g/mol. The molecule has 6 rings (SSSR count). The maximum atomic E-state index is 15.8. The van der Waals surface area contributed by atoms with Gasteiger partial charge < -0.3 is 19.5 Å². The highest BCUT2D eigenvalue weighted by Crippen LogP contribution is 2.45. The van der Waals surface area contributed by atoms with Crippen molar-refractivity contribution < 1.29 is 18.8 Å². The van der Waals surface area contributed by atoms with Crippen LogP contribution in [0.25, 0.3) is 17.0 Å². The van der Waals surface area contributed by atoms with Gasteiger partial charge in [0, 0.05) is 43.5 Å². The Balaban J connectivity index is 1.41. The third-order valence-corrected chi connectivity index (χ3v) is 8.05. The van der Waals surface area contributed by atoms with Crippen molar-refractivity contribution in [2.45, 2.75) is 37.8 Å². The van der Waals surface area contributed by atoms with E-state index in [1.807, 2.05) is 9.47 Å². The molecule has 0 radical (unpaired) electrons. The number of aromatic nitrogens is 1. The normalized spacial score (nSPS) is 20.9. The minimum atomic E-state index is -0.555. The number of nitrogens with zero attached hydrogens (tertiary/aromatic N) is 3. The highest BCUT2D eigenvalue weighted by molar-refractivity contribution is 6.08. The number of rotatable bonds is 7. The molecule has 2 unspecified atom stereocenters. The predicted molar refractivity (Wildman–Crippen MR) is 146 cm³/mol. The Hall–Kier alpha value is -4.05. The number of carbonyl (C=O) groups is 1. The average Bonchev–Trinajstić information content (AvgIpc) is 3.69. The third-order valence-electron chi connectivity index (χ3n) is 8.05. The maximum Gasteiger partial charge on any atom is 0.269 e. The largest absolute Gasteiger partial charge is 0.492 e. The second-order valence-corrected chi connectivity index (χ2v) is 10.6. The number of hydrogen-bond donors (Lipinski definition) is 1. The molecule has 9 nitrogen and oxygen atoms in total. The van der Waals surface area contributed by atoms with Crippen molar-refractivity contribution in [2.24, 2.45) is 5.92 Å². The Bertz CT molecular complexity index is 1550. The molecule has 2 atom stereocenters. The van der Waals surface area contributed by atoms with Crippen LogP contribution in [0.5, 0.6) is 5.75 Å². The number of anilines is 1. The maximum absolute atomic E-state index is 15.8. The Kier molecular flexibility index (Phi) is 6.42. The molecule has 2 saturated heterocycles. The van der Waals surface area contributed by atoms with Gasteiger partial charge in [-0.2, -0.15) is 0 Å². The highest BCUT2D eigenvalue weighted by atomic mass is 19.1. The molecule has 0 bridgehead atoms. The molecule has 3 heterocycles. The molecule has 1 N–H and O–H groups in total. The Morgan fingerprint density at radius 2 is 1.97 bits per heavy atom. The van der Waals surface area contributed by atoms with E-state index < -0.39 is 22.0 Å². The van der Waals surface area contributed by atoms with E-state index in [1.54, 1.807) is 6.20 Å². The van der Waals surface area contributed by atoms with Crippen LogP contribution in [0.4, 0.5) is 15.8 Å². The predicted octanol–water partition coefficient (Wildman–Crippen LogP) is 4.48. The topological polar surface area (TPSA) is 107 Å². The van der Waals surface area contributed by atoms with Gasteiger partial charge in [-0.25, -0.2) is 4.39 Å². The number of nitrogens with one attached hydrogen (secondary N) is 1. The molecule has 1 saturated carbocycles. The molecular formula is C29H29FN4O5. The number of hydrogen-bond acceptors (Lipinski definition) is 7. The fourth-order valence-corrected chi connectivity index (χ4v) is 5.95. The number of benzene rings is 2. The number of nitro groups is 1. The minimum absolute atomic E-state index is 0.0559. The van der Waals surface area contributed by atoms with Crippen molar-refractivity contribution in [2.75, 3.05) is 31.6 Å². The first kappa shape index (κ1) is 25.2. The number of piperidine rings is 1. The molecular weight excluding hydrogens is 503 g/mol. The lowest BCUT2D eigenvalue weighted by atomic mass is 9.94. The summed E-state index contributed by atoms with van der Waals surface area (Å²) in [5.74, 6) is -0.295. The zero-order valence-electron chi connectivity index (χ0n) is 21.6. The summed E-state index contributed by atoms with van der Waals surface area (Å²) in [4.78, 5) is 39.1. The summed E-state index contributed by atoms with van der Waals surface area (Å²) in [5, 5.41) is 14.5. The first-order chi connectivity index (χ1) is 18.9. The van der Waals surface area contributed by atoms with Crippen LogP contribution in [-0.4, -0.2) is 48.1 Å². The SMILES string of the molecule is COc1c(N2CC3CCCNC3C2)c(F)cc2c(=O)c(C(=O)C=Cc3ccc([N+](=O)[O-])cc3)cn(C3CC3)c12. The number of non-ortho nitro benzene ring substituents is 1. The Morgan fingerprint density at radius 3 is 2.64 bits per heavy atom. The van der Waals surface area contributed by atoms with Crippen LogP contribution < -0.4 is 20.4 Å². The van der Waals surface area contributed by atoms with Gasteiger partial charge in [0.05, 0.1) is 28.5 Å². The van der Waals surface area contributed by atoms with E-state index in [9.17, 15) is 19.7 Å². The lowest BCUT2D eigenvalue weighted by molar-refractivity contribution is -0.384. The van der Waals surface area contributed by atoms with Crippen molar-refractivity contribution in [3.8, 4) is 5.75 Å². The summed E-state index contributed by atoms with van der Waals surface area (Å²) in [5.41, 5.74) is 0.793. The van der Waals surface area contributed by atoms with Crippen LogP contribution >= 0.6 is 0 Å². The van der Waals surface area contributed by atoms with E-state index in [-0.39, 0.29) is 22.7 Å². The van der Waals surface area contributed by atoms with Gasteiger partial charge in [-0.05, 0) is 68.0 Å². The van der Waals surface area contributed by atoms with Crippen LogP contribution in [0.15, 0.2) is 47.4 Å². The lowest BCUT2D eigenvalue weighted by Gasteiger charge is -2.25. The number of ether oxygens (including phenoxy) is 1. The standard InChI is InChI=1S/C29H29FN4O5/c1-39-29-26-21(13-23(30)27(29)32-14-18-3-2-12-31-24(18)16-32)28(36)22(15-33(26)19-9-10-19)25(35)11-6-17-4-7-20(8-5-17)34(37)38/h4-8,11,13,15,18-19,24,31H,2-3,9-10,12,14,16H2,1H3. The van der Waals surface area contributed by atoms with Crippen molar-refractivity contribution in [1.82, 2.24) is 9.88 Å². The van der Waals surface area contributed by atoms with Gasteiger partial charge in [0.15, 0.2) is 17.3 Å². The van der Waals surface area contributed by atoms with Crippen LogP contribution in [-0.2, 0) is 0 Å². The number of allylic oxidation sites excluding steroid dienone is 1. The van der Waals surface area contributed by atoms with E-state index in [4.69, 9.17) is 4.74 Å². The van der Waals surface area contributed by atoms with Crippen LogP contribution in [0.1, 0.15) is 47.6 Å². The van der Waals surface area contributed by atoms with Gasteiger partial charge >= 0.3 is 0 Å². The minimum Gasteiger partial charge on any atom is -0.492 e. The van der Waals surface area contributed by atoms with Gasteiger partial charge in [0.2, 0.25) is 5.43 Å². The van der Waals surface area contributed by atoms with Crippen molar-refractivity contribution in [3.63, 3.8) is 0 Å². The third kappa shape index (κ3) is 4.58. The van der Waals surface area contributed by atoms with E-state index in [0.717, 1.165) is 32.2 Å². The van der Waals surface area contributed by atoms with Crippen molar-refractivity contribution in [3.05, 3.63) is 79.9 Å². The quantitative estimate of drug-likeness (QED) is 0.207. The number of carbonyl (C=O) groups excluding carboxylic acids is 1. The number of fused-ring (bicyclic) bond motifs is 2. The zero-order valence-corrected chi connectivity index (χ0v) is 21.6.